The van der Waals surface area contributed by atoms with E-state index in [0.717, 1.165) is 16.7 Å². The van der Waals surface area contributed by atoms with Crippen LogP contribution < -0.4 is 10.5 Å². The molecule has 2 aromatic carbocycles. The summed E-state index contributed by atoms with van der Waals surface area (Å²) in [5.74, 6) is 0.546. The van der Waals surface area contributed by atoms with Crippen LogP contribution in [0, 0.1) is 13.8 Å². The van der Waals surface area contributed by atoms with Crippen LogP contribution in [0.25, 0.3) is 0 Å². The zero-order valence-electron chi connectivity index (χ0n) is 17.1. The highest BCUT2D eigenvalue weighted by Gasteiger charge is 2.28. The molecule has 7 heteroatoms. The van der Waals surface area contributed by atoms with Crippen LogP contribution in [0.4, 0.5) is 0 Å². The van der Waals surface area contributed by atoms with Gasteiger partial charge in [-0.1, -0.05) is 35.9 Å². The summed E-state index contributed by atoms with van der Waals surface area (Å²) < 4.78 is 5.31. The second-order valence-corrected chi connectivity index (χ2v) is 7.19. The Labute approximate surface area is 178 Å². The van der Waals surface area contributed by atoms with Crippen molar-refractivity contribution in [2.24, 2.45) is 5.73 Å². The van der Waals surface area contributed by atoms with E-state index in [1.807, 2.05) is 50.2 Å². The maximum atomic E-state index is 12.8. The van der Waals surface area contributed by atoms with Crippen molar-refractivity contribution < 1.29 is 14.3 Å². The van der Waals surface area contributed by atoms with Crippen molar-refractivity contribution >= 4 is 24.2 Å². The number of halogens is 1. The Balaban J connectivity index is 0.00000300. The zero-order valence-corrected chi connectivity index (χ0v) is 17.9. The van der Waals surface area contributed by atoms with E-state index >= 15 is 0 Å². The molecule has 0 spiro atoms. The van der Waals surface area contributed by atoms with Crippen LogP contribution in [-0.2, 0) is 4.79 Å². The molecule has 3 rings (SSSR count). The molecular weight excluding hydrogens is 390 g/mol. The molecule has 2 aromatic rings. The van der Waals surface area contributed by atoms with Crippen molar-refractivity contribution in [3.8, 4) is 5.75 Å². The van der Waals surface area contributed by atoms with Gasteiger partial charge in [-0.15, -0.1) is 12.4 Å². The Morgan fingerprint density at radius 3 is 2.14 bits per heavy atom. The van der Waals surface area contributed by atoms with Crippen molar-refractivity contribution in [1.82, 2.24) is 9.80 Å². The molecule has 156 valence electrons. The summed E-state index contributed by atoms with van der Waals surface area (Å²) in [5.41, 5.74) is 9.68. The maximum absolute atomic E-state index is 12.8. The Morgan fingerprint density at radius 2 is 1.55 bits per heavy atom. The minimum Gasteiger partial charge on any atom is -0.496 e. The van der Waals surface area contributed by atoms with Crippen LogP contribution in [0.5, 0.6) is 5.75 Å². The van der Waals surface area contributed by atoms with Gasteiger partial charge in [0.1, 0.15) is 11.8 Å². The number of carbonyl (C=O) groups excluding carboxylic acids is 2. The minimum absolute atomic E-state index is 0. The number of hydrogen-bond donors (Lipinski definition) is 1. The van der Waals surface area contributed by atoms with Gasteiger partial charge in [-0.05, 0) is 37.1 Å². The molecule has 2 amide bonds. The van der Waals surface area contributed by atoms with Gasteiger partial charge in [0.25, 0.3) is 5.91 Å². The molecule has 1 aliphatic heterocycles. The molecule has 0 aliphatic carbocycles. The molecule has 0 saturated carbocycles. The minimum atomic E-state index is -0.677. The Hall–Kier alpha value is -2.57. The third-order valence-electron chi connectivity index (χ3n) is 5.24. The predicted molar refractivity (Wildman–Crippen MR) is 116 cm³/mol. The number of carbonyl (C=O) groups is 2. The van der Waals surface area contributed by atoms with Crippen LogP contribution in [0.3, 0.4) is 0 Å². The molecule has 1 aliphatic rings. The zero-order chi connectivity index (χ0) is 20.3. The molecule has 2 N–H and O–H groups in total. The monoisotopic (exact) mass is 417 g/mol. The van der Waals surface area contributed by atoms with Crippen LogP contribution >= 0.6 is 12.4 Å². The second-order valence-electron chi connectivity index (χ2n) is 7.19. The van der Waals surface area contributed by atoms with Gasteiger partial charge in [-0.2, -0.15) is 0 Å². The molecule has 1 saturated heterocycles. The van der Waals surface area contributed by atoms with E-state index in [9.17, 15) is 9.59 Å². The Bertz CT molecular complexity index is 862. The average molecular weight is 418 g/mol. The number of ether oxygens (including phenoxy) is 1. The van der Waals surface area contributed by atoms with E-state index in [1.165, 1.54) is 0 Å². The molecular formula is C22H28ClN3O3. The summed E-state index contributed by atoms with van der Waals surface area (Å²) >= 11 is 0. The molecule has 6 nitrogen and oxygen atoms in total. The number of nitrogens with zero attached hydrogens (tertiary/aromatic N) is 2. The van der Waals surface area contributed by atoms with Gasteiger partial charge >= 0.3 is 0 Å². The van der Waals surface area contributed by atoms with Gasteiger partial charge in [-0.25, -0.2) is 0 Å². The Kier molecular flexibility index (Phi) is 7.65. The first-order chi connectivity index (χ1) is 13.4. The van der Waals surface area contributed by atoms with Crippen molar-refractivity contribution in [3.63, 3.8) is 0 Å². The summed E-state index contributed by atoms with van der Waals surface area (Å²) in [4.78, 5) is 29.0. The van der Waals surface area contributed by atoms with Gasteiger partial charge in [0.05, 0.1) is 7.11 Å². The number of rotatable bonds is 4. The van der Waals surface area contributed by atoms with Gasteiger partial charge in [-0.3, -0.25) is 9.59 Å². The maximum Gasteiger partial charge on any atom is 0.254 e. The van der Waals surface area contributed by atoms with E-state index in [1.54, 1.807) is 23.0 Å². The van der Waals surface area contributed by atoms with Crippen molar-refractivity contribution in [2.45, 2.75) is 19.9 Å². The van der Waals surface area contributed by atoms with Crippen molar-refractivity contribution in [1.29, 1.82) is 0 Å². The third kappa shape index (κ3) is 5.08. The predicted octanol–water partition coefficient (Wildman–Crippen LogP) is 2.72. The quantitative estimate of drug-likeness (QED) is 0.829. The number of aryl methyl sites for hydroxylation is 2. The van der Waals surface area contributed by atoms with Gasteiger partial charge in [0.15, 0.2) is 0 Å². The van der Waals surface area contributed by atoms with Crippen LogP contribution in [0.1, 0.15) is 33.1 Å². The number of methoxy groups -OCH3 is 1. The first kappa shape index (κ1) is 22.7. The van der Waals surface area contributed by atoms with E-state index in [4.69, 9.17) is 10.5 Å². The standard InChI is InChI=1S/C22H27N3O3.ClH/c1-15-4-7-17(8-5-15)20(23)22(27)25-12-10-24(11-13-25)21(26)18-9-6-16(2)19(14-18)28-3;/h4-9,14,20H,10-13,23H2,1-3H3;1H. The number of hydrogen-bond acceptors (Lipinski definition) is 4. The number of amides is 2. The summed E-state index contributed by atoms with van der Waals surface area (Å²) in [6.45, 7) is 5.87. The van der Waals surface area contributed by atoms with Gasteiger partial charge in [0.2, 0.25) is 5.91 Å². The summed E-state index contributed by atoms with van der Waals surface area (Å²) in [6, 6.07) is 12.5. The van der Waals surface area contributed by atoms with Crippen LogP contribution in [-0.4, -0.2) is 54.9 Å². The molecule has 1 atom stereocenters. The van der Waals surface area contributed by atoms with Crippen molar-refractivity contribution in [3.05, 3.63) is 64.7 Å². The molecule has 0 aromatic heterocycles. The fraction of sp³-hybridized carbons (Fsp3) is 0.364. The highest BCUT2D eigenvalue weighted by molar-refractivity contribution is 5.95. The lowest BCUT2D eigenvalue weighted by Gasteiger charge is -2.36. The largest absolute Gasteiger partial charge is 0.496 e. The smallest absolute Gasteiger partial charge is 0.254 e. The molecule has 1 fully saturated rings. The summed E-state index contributed by atoms with van der Waals surface area (Å²) in [7, 11) is 1.60. The first-order valence-corrected chi connectivity index (χ1v) is 9.45. The highest BCUT2D eigenvalue weighted by atomic mass is 35.5. The third-order valence-corrected chi connectivity index (χ3v) is 5.24. The van der Waals surface area contributed by atoms with Gasteiger partial charge < -0.3 is 20.3 Å². The molecule has 0 radical (unpaired) electrons. The van der Waals surface area contributed by atoms with E-state index in [-0.39, 0.29) is 24.2 Å². The van der Waals surface area contributed by atoms with Gasteiger partial charge in [0, 0.05) is 31.7 Å². The molecule has 29 heavy (non-hydrogen) atoms. The van der Waals surface area contributed by atoms with Crippen molar-refractivity contribution in [2.75, 3.05) is 33.3 Å². The number of piperazine rings is 1. The molecule has 0 bridgehead atoms. The SMILES string of the molecule is COc1cc(C(=O)N2CCN(C(=O)C(N)c3ccc(C)cc3)CC2)ccc1C.Cl. The first-order valence-electron chi connectivity index (χ1n) is 9.45. The van der Waals surface area contributed by atoms with E-state index in [2.05, 4.69) is 0 Å². The molecule has 1 heterocycles. The van der Waals surface area contributed by atoms with Crippen LogP contribution in [0.2, 0.25) is 0 Å². The number of benzene rings is 2. The normalized spacial score (nSPS) is 14.8. The summed E-state index contributed by atoms with van der Waals surface area (Å²) in [6.07, 6.45) is 0. The number of nitrogens with two attached hydrogens (primary N) is 1. The Morgan fingerprint density at radius 1 is 0.966 bits per heavy atom. The molecule has 1 unspecified atom stereocenters. The highest BCUT2D eigenvalue weighted by Crippen LogP contribution is 2.21. The fourth-order valence-electron chi connectivity index (χ4n) is 3.38. The van der Waals surface area contributed by atoms with Crippen LogP contribution in [0.15, 0.2) is 42.5 Å². The average Bonchev–Trinajstić information content (AvgIpc) is 2.73. The van der Waals surface area contributed by atoms with E-state index in [0.29, 0.717) is 37.5 Å². The lowest BCUT2D eigenvalue weighted by Crippen LogP contribution is -2.52. The lowest BCUT2D eigenvalue weighted by atomic mass is 10.0. The topological polar surface area (TPSA) is 75.9 Å². The summed E-state index contributed by atoms with van der Waals surface area (Å²) in [5, 5.41) is 0. The lowest BCUT2D eigenvalue weighted by molar-refractivity contribution is -0.134. The second kappa shape index (κ2) is 9.76. The van der Waals surface area contributed by atoms with E-state index < -0.39 is 6.04 Å². The fourth-order valence-corrected chi connectivity index (χ4v) is 3.38.